The fraction of sp³-hybridized carbons (Fsp3) is 0.909. The molecule has 1 aliphatic carbocycles. The van der Waals surface area contributed by atoms with Crippen LogP contribution in [0, 0.1) is 0 Å². The van der Waals surface area contributed by atoms with Crippen LogP contribution in [0.25, 0.3) is 0 Å². The largest absolute Gasteiger partial charge is 0.392 e. The molecule has 1 saturated heterocycles. The van der Waals surface area contributed by atoms with Crippen molar-refractivity contribution in [3.8, 4) is 0 Å². The quantitative estimate of drug-likeness (QED) is 0.719. The van der Waals surface area contributed by atoms with Crippen LogP contribution in [0.4, 0.5) is 0 Å². The van der Waals surface area contributed by atoms with Gasteiger partial charge in [0.05, 0.1) is 12.1 Å². The number of aliphatic hydroxyl groups is 1. The number of amides is 1. The first-order chi connectivity index (χ1) is 7.09. The third-order valence-corrected chi connectivity index (χ3v) is 3.30. The first-order valence-corrected chi connectivity index (χ1v) is 5.82. The van der Waals surface area contributed by atoms with Crippen molar-refractivity contribution in [1.82, 2.24) is 9.80 Å². The lowest BCUT2D eigenvalue weighted by atomic mass is 10.1. The summed E-state index contributed by atoms with van der Waals surface area (Å²) in [6.45, 7) is 6.05. The fourth-order valence-corrected chi connectivity index (χ4v) is 2.27. The van der Waals surface area contributed by atoms with E-state index in [4.69, 9.17) is 0 Å². The molecule has 2 fully saturated rings. The first kappa shape index (κ1) is 10.9. The highest BCUT2D eigenvalue weighted by Crippen LogP contribution is 2.29. The van der Waals surface area contributed by atoms with Crippen LogP contribution < -0.4 is 0 Å². The van der Waals surface area contributed by atoms with Crippen molar-refractivity contribution in [3.05, 3.63) is 0 Å². The van der Waals surface area contributed by atoms with E-state index in [1.165, 1.54) is 12.8 Å². The second-order valence-corrected chi connectivity index (χ2v) is 4.78. The van der Waals surface area contributed by atoms with Gasteiger partial charge in [0.2, 0.25) is 5.91 Å². The minimum absolute atomic E-state index is 0.0612. The average Bonchev–Trinajstić information content (AvgIpc) is 2.96. The maximum atomic E-state index is 12.0. The van der Waals surface area contributed by atoms with Gasteiger partial charge < -0.3 is 10.0 Å². The number of β-amino-alcohol motifs (C(OH)–C–C–N with tert-alkyl or cyclic N) is 1. The molecule has 0 radical (unpaired) electrons. The van der Waals surface area contributed by atoms with Crippen molar-refractivity contribution in [3.63, 3.8) is 0 Å². The zero-order valence-electron chi connectivity index (χ0n) is 9.52. The van der Waals surface area contributed by atoms with E-state index < -0.39 is 0 Å². The minimum atomic E-state index is -0.354. The molecule has 1 N–H and O–H groups in total. The van der Waals surface area contributed by atoms with Gasteiger partial charge in [-0.1, -0.05) is 0 Å². The summed E-state index contributed by atoms with van der Waals surface area (Å²) in [6.07, 6.45) is 2.00. The van der Waals surface area contributed by atoms with Gasteiger partial charge in [0.1, 0.15) is 0 Å². The van der Waals surface area contributed by atoms with E-state index >= 15 is 0 Å². The van der Waals surface area contributed by atoms with Crippen molar-refractivity contribution < 1.29 is 9.90 Å². The van der Waals surface area contributed by atoms with Gasteiger partial charge >= 0.3 is 0 Å². The Kier molecular flexibility index (Phi) is 2.98. The molecule has 0 aromatic rings. The molecule has 15 heavy (non-hydrogen) atoms. The second-order valence-electron chi connectivity index (χ2n) is 4.78. The molecule has 4 nitrogen and oxygen atoms in total. The van der Waals surface area contributed by atoms with Crippen molar-refractivity contribution >= 4 is 5.91 Å². The van der Waals surface area contributed by atoms with Crippen LogP contribution in [0.1, 0.15) is 26.7 Å². The maximum absolute atomic E-state index is 12.0. The highest BCUT2D eigenvalue weighted by atomic mass is 16.3. The van der Waals surface area contributed by atoms with E-state index in [-0.39, 0.29) is 18.1 Å². The van der Waals surface area contributed by atoms with Crippen molar-refractivity contribution in [1.29, 1.82) is 0 Å². The summed E-state index contributed by atoms with van der Waals surface area (Å²) in [5, 5.41) is 9.33. The lowest BCUT2D eigenvalue weighted by Gasteiger charge is -2.39. The maximum Gasteiger partial charge on any atom is 0.239 e. The second kappa shape index (κ2) is 4.10. The average molecular weight is 212 g/mol. The molecule has 1 saturated carbocycles. The molecular weight excluding hydrogens is 192 g/mol. The van der Waals surface area contributed by atoms with Gasteiger partial charge in [-0.3, -0.25) is 9.69 Å². The topological polar surface area (TPSA) is 43.8 Å². The summed E-state index contributed by atoms with van der Waals surface area (Å²) < 4.78 is 0. The van der Waals surface area contributed by atoms with E-state index in [0.717, 1.165) is 13.1 Å². The molecule has 0 aromatic carbocycles. The fourth-order valence-electron chi connectivity index (χ4n) is 2.27. The lowest BCUT2D eigenvalue weighted by Crippen LogP contribution is -2.57. The van der Waals surface area contributed by atoms with Crippen molar-refractivity contribution in [2.24, 2.45) is 0 Å². The van der Waals surface area contributed by atoms with Crippen LogP contribution >= 0.6 is 0 Å². The third kappa shape index (κ3) is 2.32. The molecule has 1 aliphatic heterocycles. The van der Waals surface area contributed by atoms with E-state index in [2.05, 4.69) is 4.90 Å². The van der Waals surface area contributed by atoms with Gasteiger partial charge in [-0.05, 0) is 26.7 Å². The smallest absolute Gasteiger partial charge is 0.239 e. The Morgan fingerprint density at radius 3 is 2.67 bits per heavy atom. The van der Waals surface area contributed by atoms with Gasteiger partial charge in [0.15, 0.2) is 0 Å². The zero-order chi connectivity index (χ0) is 11.0. The van der Waals surface area contributed by atoms with Crippen LogP contribution in [0.3, 0.4) is 0 Å². The number of hydrogen-bond acceptors (Lipinski definition) is 3. The molecule has 2 atom stereocenters. The number of rotatable bonds is 3. The number of nitrogens with zero attached hydrogens (tertiary/aromatic N) is 2. The molecule has 0 aromatic heterocycles. The van der Waals surface area contributed by atoms with Gasteiger partial charge in [-0.15, -0.1) is 0 Å². The predicted octanol–water partition coefficient (Wildman–Crippen LogP) is 0.0623. The Hall–Kier alpha value is -0.610. The number of carbonyl (C=O) groups excluding carboxylic acids is 1. The van der Waals surface area contributed by atoms with E-state index in [0.29, 0.717) is 12.6 Å². The van der Waals surface area contributed by atoms with Crippen LogP contribution in [0.15, 0.2) is 0 Å². The molecule has 1 heterocycles. The van der Waals surface area contributed by atoms with Gasteiger partial charge in [0.25, 0.3) is 0 Å². The summed E-state index contributed by atoms with van der Waals surface area (Å²) in [5.41, 5.74) is 0. The molecule has 86 valence electrons. The zero-order valence-corrected chi connectivity index (χ0v) is 9.52. The molecule has 0 bridgehead atoms. The highest BCUT2D eigenvalue weighted by Gasteiger charge is 2.39. The monoisotopic (exact) mass is 212 g/mol. The Bertz CT molecular complexity index is 251. The van der Waals surface area contributed by atoms with Crippen molar-refractivity contribution in [2.45, 2.75) is 44.9 Å². The van der Waals surface area contributed by atoms with Gasteiger partial charge in [-0.2, -0.15) is 0 Å². The minimum Gasteiger partial charge on any atom is -0.392 e. The molecule has 0 spiro atoms. The van der Waals surface area contributed by atoms with E-state index in [1.807, 2.05) is 11.8 Å². The highest BCUT2D eigenvalue weighted by molar-refractivity contribution is 5.82. The standard InChI is InChI=1S/C11H20N2O2/c1-8(14)7-12-5-6-13(10-3-4-10)11(15)9(12)2/h8-10,14H,3-7H2,1-2H3. The SMILES string of the molecule is CC(O)CN1CCN(C2CC2)C(=O)C1C. The van der Waals surface area contributed by atoms with Crippen LogP contribution in [0.2, 0.25) is 0 Å². The normalized spacial score (nSPS) is 30.7. The summed E-state index contributed by atoms with van der Waals surface area (Å²) >= 11 is 0. The summed E-state index contributed by atoms with van der Waals surface area (Å²) in [6, 6.07) is 0.461. The van der Waals surface area contributed by atoms with Crippen LogP contribution in [-0.4, -0.2) is 58.6 Å². The Labute approximate surface area is 90.9 Å². The summed E-state index contributed by atoms with van der Waals surface area (Å²) in [7, 11) is 0. The Morgan fingerprint density at radius 1 is 1.47 bits per heavy atom. The summed E-state index contributed by atoms with van der Waals surface area (Å²) in [5.74, 6) is 0.240. The predicted molar refractivity (Wildman–Crippen MR) is 57.5 cm³/mol. The molecule has 4 heteroatoms. The molecule has 2 unspecified atom stereocenters. The van der Waals surface area contributed by atoms with E-state index in [9.17, 15) is 9.90 Å². The molecule has 1 amide bonds. The first-order valence-electron chi connectivity index (χ1n) is 5.82. The Morgan fingerprint density at radius 2 is 2.13 bits per heavy atom. The number of hydrogen-bond donors (Lipinski definition) is 1. The van der Waals surface area contributed by atoms with Crippen molar-refractivity contribution in [2.75, 3.05) is 19.6 Å². The number of piperazine rings is 1. The number of aliphatic hydroxyl groups excluding tert-OH is 1. The molecule has 2 rings (SSSR count). The number of carbonyl (C=O) groups is 1. The Balaban J connectivity index is 1.94. The van der Waals surface area contributed by atoms with Crippen LogP contribution in [-0.2, 0) is 4.79 Å². The molecule has 2 aliphatic rings. The van der Waals surface area contributed by atoms with Crippen LogP contribution in [0.5, 0.6) is 0 Å². The molecular formula is C11H20N2O2. The van der Waals surface area contributed by atoms with Gasteiger partial charge in [-0.25, -0.2) is 0 Å². The third-order valence-electron chi connectivity index (χ3n) is 3.30. The summed E-state index contributed by atoms with van der Waals surface area (Å²) in [4.78, 5) is 16.1. The van der Waals surface area contributed by atoms with Gasteiger partial charge in [0, 0.05) is 25.7 Å². The van der Waals surface area contributed by atoms with E-state index in [1.54, 1.807) is 6.92 Å². The lowest BCUT2D eigenvalue weighted by molar-refractivity contribution is -0.142.